The second kappa shape index (κ2) is 30.4. The van der Waals surface area contributed by atoms with Crippen molar-refractivity contribution in [2.24, 2.45) is 0 Å². The van der Waals surface area contributed by atoms with Crippen LogP contribution in [0.5, 0.6) is 0 Å². The van der Waals surface area contributed by atoms with E-state index in [1.807, 2.05) is 29.5 Å². The van der Waals surface area contributed by atoms with Crippen LogP contribution in [0.1, 0.15) is 141 Å². The molecule has 0 bridgehead atoms. The van der Waals surface area contributed by atoms with E-state index in [-0.39, 0.29) is 37.9 Å². The maximum absolute atomic E-state index is 6.66. The van der Waals surface area contributed by atoms with Gasteiger partial charge in [0.05, 0.1) is 0 Å². The molecule has 18 aromatic carbocycles. The zero-order valence-electron chi connectivity index (χ0n) is 79.8. The lowest BCUT2D eigenvalue weighted by Crippen LogP contribution is -2.43. The molecule has 666 valence electrons. The highest BCUT2D eigenvalue weighted by Gasteiger charge is 2.51. The molecule has 0 fully saturated rings. The average molecular weight is 1790 g/mol. The molecule has 0 atom stereocenters. The third-order valence-corrected chi connectivity index (χ3v) is 34.2. The van der Waals surface area contributed by atoms with E-state index < -0.39 is 0 Å². The Morgan fingerprint density at radius 3 is 0.883 bits per heavy atom. The maximum Gasteiger partial charge on any atom is 0.143 e. The molecule has 7 nitrogen and oxygen atoms in total. The highest BCUT2D eigenvalue weighted by Crippen LogP contribution is 2.63. The first kappa shape index (κ1) is 83.6. The molecule has 4 aliphatic rings. The molecule has 0 aliphatic heterocycles. The van der Waals surface area contributed by atoms with Crippen molar-refractivity contribution in [3.63, 3.8) is 0 Å². The average Bonchev–Trinajstić information content (AvgIpc) is 1.68. The van der Waals surface area contributed by atoms with Gasteiger partial charge in [-0.25, -0.2) is 0 Å². The highest BCUT2D eigenvalue weighted by molar-refractivity contribution is 7.25. The van der Waals surface area contributed by atoms with Crippen molar-refractivity contribution in [3.8, 4) is 44.5 Å². The van der Waals surface area contributed by atoms with Crippen molar-refractivity contribution in [3.05, 3.63) is 427 Å². The van der Waals surface area contributed by atoms with Crippen molar-refractivity contribution in [2.75, 3.05) is 14.7 Å². The molecule has 23 aromatic rings. The summed E-state index contributed by atoms with van der Waals surface area (Å²) in [5, 5.41) is 11.9. The Labute approximate surface area is 803 Å². The Morgan fingerprint density at radius 2 is 0.460 bits per heavy atom. The van der Waals surface area contributed by atoms with E-state index >= 15 is 0 Å². The Hall–Kier alpha value is -15.2. The summed E-state index contributed by atoms with van der Waals surface area (Å²) in [4.78, 5) is 7.18. The van der Waals surface area contributed by atoms with Crippen LogP contribution in [0.15, 0.2) is 400 Å². The van der Waals surface area contributed by atoms with Crippen LogP contribution in [-0.2, 0) is 37.9 Å². The van der Waals surface area contributed by atoms with Crippen molar-refractivity contribution >= 4 is 170 Å². The van der Waals surface area contributed by atoms with E-state index in [1.54, 1.807) is 0 Å². The number of furan rings is 4. The summed E-state index contributed by atoms with van der Waals surface area (Å²) < 4.78 is 28.9. The zero-order chi connectivity index (χ0) is 93.3. The number of anilines is 9. The third kappa shape index (κ3) is 12.4. The SMILES string of the molecule is CC1(C)c2cc(N(c3ccccc3)c3ccc4c(c3)oc3ccccc34)ccc2-c2c(ccc3c2oc2ccccc23)C1(C)C.CC1(C)c2cc(N(c3ccccc3)c3ccc4sc5ccccc5c4c3)ccc2-c2c(ccc3c2oc2ccccc23)C1(C)C.CC1(C)c2ccccc2-c2ccc(N(c3ccccc3)c3ccc4c(c3)C(C)(C)C(C)(C)c3ccc5c(oc6ccccc65)c3-4)cc21. The van der Waals surface area contributed by atoms with Gasteiger partial charge < -0.3 is 32.4 Å². The number of rotatable bonds is 9. The van der Waals surface area contributed by atoms with Crippen LogP contribution in [-0.4, -0.2) is 0 Å². The number of benzene rings is 18. The van der Waals surface area contributed by atoms with Crippen molar-refractivity contribution in [1.82, 2.24) is 0 Å². The number of para-hydroxylation sites is 7. The lowest BCUT2D eigenvalue weighted by Gasteiger charge is -2.48. The standard InChI is InChI=1S/C45H39NO.C42H33NO2.C42H33NOS/c1-43(2)36-18-12-10-16-31(36)32-22-20-29(26-38(32)43)46(28-14-8-7-9-15-28)30-21-23-35-39(27-30)45(5,6)44(3,4)37-25-24-34-33-17-11-13-19-40(33)47-42(34)41(35)37;1-41(2)34-23-22-32-30-15-9-11-17-37(30)45-40(32)39(34)33-21-19-27(24-35(33)42(41,3)4)43(26-12-6-5-7-13-26)28-18-20-31-29-14-8-10-16-36(29)44-38(31)25-28;1-41(2)34-22-21-31-29-14-8-10-16-36(29)44-40(31)39(34)32-20-18-28(25-35(32)42(41,3)4)43(26-12-6-5-7-13-26)27-19-23-38-33(24-27)30-15-9-11-17-37(30)45-38/h7-27H,1-6H3;2*5-25H,1-4H3. The Morgan fingerprint density at radius 1 is 0.175 bits per heavy atom. The fraction of sp³-hybridized carbons (Fsp3) is 0.163. The van der Waals surface area contributed by atoms with Gasteiger partial charge in [0.15, 0.2) is 0 Å². The molecule has 137 heavy (non-hydrogen) atoms. The van der Waals surface area contributed by atoms with Crippen molar-refractivity contribution < 1.29 is 17.7 Å². The first-order chi connectivity index (χ1) is 66.2. The Bertz CT molecular complexity index is 8900. The van der Waals surface area contributed by atoms with Gasteiger partial charge in [-0.1, -0.05) is 327 Å². The lowest BCUT2D eigenvalue weighted by atomic mass is 9.55. The lowest BCUT2D eigenvalue weighted by molar-refractivity contribution is 0.299. The van der Waals surface area contributed by atoms with Gasteiger partial charge in [-0.05, 0) is 250 Å². The molecule has 0 amide bonds. The van der Waals surface area contributed by atoms with E-state index in [0.717, 1.165) is 106 Å². The van der Waals surface area contributed by atoms with Crippen LogP contribution in [0.2, 0.25) is 0 Å². The molecule has 0 N–H and O–H groups in total. The summed E-state index contributed by atoms with van der Waals surface area (Å²) in [6, 6.07) is 139. The number of fused-ring (bicyclic) bond motifs is 30. The van der Waals surface area contributed by atoms with Crippen molar-refractivity contribution in [2.45, 2.75) is 135 Å². The van der Waals surface area contributed by atoms with Gasteiger partial charge in [-0.2, -0.15) is 0 Å². The predicted octanol–water partition coefficient (Wildman–Crippen LogP) is 37.4. The van der Waals surface area contributed by atoms with Gasteiger partial charge in [-0.15, -0.1) is 11.3 Å². The molecule has 0 spiro atoms. The van der Waals surface area contributed by atoms with Gasteiger partial charge in [-0.3, -0.25) is 0 Å². The van der Waals surface area contributed by atoms with E-state index in [0.29, 0.717) is 0 Å². The van der Waals surface area contributed by atoms with Crippen LogP contribution in [0.3, 0.4) is 0 Å². The molecule has 8 heteroatoms. The molecule has 27 rings (SSSR count). The molecule has 5 heterocycles. The Balaban J connectivity index is 0.000000109. The summed E-state index contributed by atoms with van der Waals surface area (Å²) in [5.74, 6) is 0. The van der Waals surface area contributed by atoms with E-state index in [9.17, 15) is 0 Å². The summed E-state index contributed by atoms with van der Waals surface area (Å²) in [7, 11) is 0. The van der Waals surface area contributed by atoms with Crippen LogP contribution < -0.4 is 14.7 Å². The highest BCUT2D eigenvalue weighted by atomic mass is 32.1. The minimum Gasteiger partial charge on any atom is -0.456 e. The number of nitrogens with zero attached hydrogens (tertiary/aromatic N) is 3. The number of thiophene rings is 1. The predicted molar refractivity (Wildman–Crippen MR) is 577 cm³/mol. The van der Waals surface area contributed by atoms with Crippen LogP contribution in [0.4, 0.5) is 51.2 Å². The largest absolute Gasteiger partial charge is 0.456 e. The van der Waals surface area contributed by atoms with E-state index in [2.05, 4.69) is 476 Å². The fourth-order valence-electron chi connectivity index (χ4n) is 23.6. The normalized spacial score (nSPS) is 15.5. The van der Waals surface area contributed by atoms with Gasteiger partial charge in [0.1, 0.15) is 44.7 Å². The van der Waals surface area contributed by atoms with Crippen LogP contribution in [0.25, 0.3) is 152 Å². The molecule has 0 radical (unpaired) electrons. The van der Waals surface area contributed by atoms with Crippen LogP contribution in [0, 0.1) is 0 Å². The third-order valence-electron chi connectivity index (χ3n) is 33.1. The molecule has 0 unspecified atom stereocenters. The summed E-state index contributed by atoms with van der Waals surface area (Å²) in [5.41, 5.74) is 37.7. The van der Waals surface area contributed by atoms with Gasteiger partial charge in [0.25, 0.3) is 0 Å². The molecule has 0 saturated carbocycles. The number of hydrogen-bond acceptors (Lipinski definition) is 8. The van der Waals surface area contributed by atoms with Gasteiger partial charge in [0, 0.05) is 143 Å². The van der Waals surface area contributed by atoms with Crippen molar-refractivity contribution in [1.29, 1.82) is 0 Å². The minimum absolute atomic E-state index is 0.0756. The van der Waals surface area contributed by atoms with Gasteiger partial charge in [0.2, 0.25) is 0 Å². The molecule has 4 aliphatic carbocycles. The van der Waals surface area contributed by atoms with E-state index in [4.69, 9.17) is 17.7 Å². The van der Waals surface area contributed by atoms with Crippen LogP contribution >= 0.6 is 11.3 Å². The summed E-state index contributed by atoms with van der Waals surface area (Å²) >= 11 is 1.86. The minimum atomic E-state index is -0.157. The topological polar surface area (TPSA) is 62.3 Å². The quantitative estimate of drug-likeness (QED) is 0.143. The second-order valence-electron chi connectivity index (χ2n) is 41.8. The second-order valence-corrected chi connectivity index (χ2v) is 42.9. The first-order valence-corrected chi connectivity index (χ1v) is 49.0. The molecular formula is C129H105N3O4S. The smallest absolute Gasteiger partial charge is 0.143 e. The fourth-order valence-corrected chi connectivity index (χ4v) is 24.7. The van der Waals surface area contributed by atoms with Gasteiger partial charge >= 0.3 is 0 Å². The zero-order valence-corrected chi connectivity index (χ0v) is 80.6. The molecule has 0 saturated heterocycles. The summed E-state index contributed by atoms with van der Waals surface area (Å²) in [6.45, 7) is 33.4. The first-order valence-electron chi connectivity index (χ1n) is 48.2. The maximum atomic E-state index is 6.66. The number of hydrogen-bond donors (Lipinski definition) is 0. The Kier molecular flexibility index (Phi) is 18.5. The monoisotopic (exact) mass is 1790 g/mol. The van der Waals surface area contributed by atoms with E-state index in [1.165, 1.54) is 142 Å². The molecular weight excluding hydrogens is 1690 g/mol. The molecule has 5 aromatic heterocycles. The summed E-state index contributed by atoms with van der Waals surface area (Å²) in [6.07, 6.45) is 0.